The Labute approximate surface area is 182 Å². The van der Waals surface area contributed by atoms with Crippen molar-refractivity contribution < 1.29 is 13.9 Å². The SMILES string of the molecule is CCNC(=NCc1oc2ccccc2c1C)NCC(C)(O)c1ccc(C)o1.I. The molecule has 3 aromatic rings. The summed E-state index contributed by atoms with van der Waals surface area (Å²) < 4.78 is 11.5. The van der Waals surface area contributed by atoms with Crippen molar-refractivity contribution in [2.24, 2.45) is 4.99 Å². The van der Waals surface area contributed by atoms with Gasteiger partial charge in [-0.25, -0.2) is 4.99 Å². The fraction of sp³-hybridized carbons (Fsp3) is 0.381. The van der Waals surface area contributed by atoms with E-state index in [0.717, 1.165) is 28.1 Å². The van der Waals surface area contributed by atoms with E-state index in [0.29, 0.717) is 24.8 Å². The first-order valence-electron chi connectivity index (χ1n) is 9.19. The molecule has 0 bridgehead atoms. The van der Waals surface area contributed by atoms with Crippen LogP contribution in [0.1, 0.15) is 36.7 Å². The van der Waals surface area contributed by atoms with Crippen LogP contribution in [0.4, 0.5) is 0 Å². The Morgan fingerprint density at radius 2 is 1.86 bits per heavy atom. The van der Waals surface area contributed by atoms with Gasteiger partial charge in [0.15, 0.2) is 5.96 Å². The van der Waals surface area contributed by atoms with Gasteiger partial charge in [0.05, 0.1) is 6.54 Å². The molecule has 3 N–H and O–H groups in total. The third-order valence-electron chi connectivity index (χ3n) is 4.54. The minimum absolute atomic E-state index is 0. The average molecular weight is 497 g/mol. The van der Waals surface area contributed by atoms with E-state index in [1.165, 1.54) is 0 Å². The van der Waals surface area contributed by atoms with Crippen molar-refractivity contribution in [3.63, 3.8) is 0 Å². The van der Waals surface area contributed by atoms with E-state index in [1.54, 1.807) is 13.0 Å². The molecule has 7 heteroatoms. The molecule has 152 valence electrons. The van der Waals surface area contributed by atoms with Crippen molar-refractivity contribution in [3.05, 3.63) is 59.2 Å². The molecule has 2 aromatic heterocycles. The van der Waals surface area contributed by atoms with E-state index in [-0.39, 0.29) is 30.5 Å². The molecular formula is C21H28IN3O3. The first-order valence-corrected chi connectivity index (χ1v) is 9.19. The minimum atomic E-state index is -1.14. The maximum absolute atomic E-state index is 10.7. The second-order valence-corrected chi connectivity index (χ2v) is 6.88. The van der Waals surface area contributed by atoms with Gasteiger partial charge in [-0.2, -0.15) is 0 Å². The van der Waals surface area contributed by atoms with E-state index in [4.69, 9.17) is 8.83 Å². The smallest absolute Gasteiger partial charge is 0.191 e. The van der Waals surface area contributed by atoms with Crippen LogP contribution in [0.15, 0.2) is 50.2 Å². The van der Waals surface area contributed by atoms with Crippen LogP contribution in [0.2, 0.25) is 0 Å². The number of aliphatic imine (C=N–C) groups is 1. The van der Waals surface area contributed by atoms with Crippen LogP contribution in [0.25, 0.3) is 11.0 Å². The summed E-state index contributed by atoms with van der Waals surface area (Å²) in [5.74, 6) is 2.74. The molecule has 0 spiro atoms. The highest BCUT2D eigenvalue weighted by Crippen LogP contribution is 2.25. The lowest BCUT2D eigenvalue weighted by Gasteiger charge is -2.22. The van der Waals surface area contributed by atoms with Crippen molar-refractivity contribution in [1.29, 1.82) is 0 Å². The second kappa shape index (κ2) is 9.47. The molecule has 3 rings (SSSR count). The van der Waals surface area contributed by atoms with Gasteiger partial charge in [-0.15, -0.1) is 24.0 Å². The van der Waals surface area contributed by atoms with Crippen molar-refractivity contribution in [3.8, 4) is 0 Å². The van der Waals surface area contributed by atoms with Gasteiger partial charge in [-0.1, -0.05) is 18.2 Å². The second-order valence-electron chi connectivity index (χ2n) is 6.88. The summed E-state index contributed by atoms with van der Waals surface area (Å²) in [7, 11) is 0. The Balaban J connectivity index is 0.00000280. The van der Waals surface area contributed by atoms with E-state index < -0.39 is 5.60 Å². The van der Waals surface area contributed by atoms with E-state index in [2.05, 4.69) is 15.6 Å². The molecule has 0 saturated heterocycles. The number of hydrogen-bond acceptors (Lipinski definition) is 4. The molecule has 0 aliphatic carbocycles. The number of guanidine groups is 1. The van der Waals surface area contributed by atoms with Crippen LogP contribution in [-0.4, -0.2) is 24.2 Å². The first-order chi connectivity index (χ1) is 12.9. The summed E-state index contributed by atoms with van der Waals surface area (Å²) in [5, 5.41) is 18.2. The molecule has 0 saturated carbocycles. The molecule has 0 radical (unpaired) electrons. The molecule has 6 nitrogen and oxygen atoms in total. The number of hydrogen-bond donors (Lipinski definition) is 3. The van der Waals surface area contributed by atoms with Crippen LogP contribution in [0, 0.1) is 13.8 Å². The van der Waals surface area contributed by atoms with Gasteiger partial charge in [0.2, 0.25) is 0 Å². The van der Waals surface area contributed by atoms with Gasteiger partial charge >= 0.3 is 0 Å². The number of benzene rings is 1. The highest BCUT2D eigenvalue weighted by Gasteiger charge is 2.27. The monoisotopic (exact) mass is 497 g/mol. The molecule has 0 fully saturated rings. The summed E-state index contributed by atoms with van der Waals surface area (Å²) in [4.78, 5) is 4.60. The highest BCUT2D eigenvalue weighted by atomic mass is 127. The van der Waals surface area contributed by atoms with Crippen LogP contribution < -0.4 is 10.6 Å². The Hall–Kier alpha value is -2.00. The fourth-order valence-electron chi connectivity index (χ4n) is 2.94. The molecule has 0 amide bonds. The summed E-state index contributed by atoms with van der Waals surface area (Å²) in [6.45, 7) is 9.01. The third kappa shape index (κ3) is 5.08. The number of rotatable bonds is 6. The number of fused-ring (bicyclic) bond motifs is 1. The number of nitrogens with one attached hydrogen (secondary N) is 2. The van der Waals surface area contributed by atoms with Crippen LogP contribution in [-0.2, 0) is 12.1 Å². The maximum atomic E-state index is 10.7. The first kappa shape index (κ1) is 22.3. The number of halogens is 1. The Morgan fingerprint density at radius 1 is 1.11 bits per heavy atom. The lowest BCUT2D eigenvalue weighted by Crippen LogP contribution is -2.44. The molecule has 2 heterocycles. The Morgan fingerprint density at radius 3 is 2.50 bits per heavy atom. The quantitative estimate of drug-likeness (QED) is 0.270. The van der Waals surface area contributed by atoms with Crippen LogP contribution in [0.5, 0.6) is 0 Å². The molecular weight excluding hydrogens is 469 g/mol. The zero-order valence-electron chi connectivity index (χ0n) is 16.7. The summed E-state index contributed by atoms with van der Waals surface area (Å²) in [6, 6.07) is 11.6. The van der Waals surface area contributed by atoms with E-state index in [1.807, 2.05) is 51.1 Å². The predicted octanol–water partition coefficient (Wildman–Crippen LogP) is 4.22. The number of nitrogens with zero attached hydrogens (tertiary/aromatic N) is 1. The number of para-hydroxylation sites is 1. The highest BCUT2D eigenvalue weighted by molar-refractivity contribution is 14.0. The number of furan rings is 2. The summed E-state index contributed by atoms with van der Waals surface area (Å²) >= 11 is 0. The minimum Gasteiger partial charge on any atom is -0.463 e. The molecule has 0 aliphatic rings. The van der Waals surface area contributed by atoms with Crippen molar-refractivity contribution in [2.45, 2.75) is 39.8 Å². The molecule has 28 heavy (non-hydrogen) atoms. The van der Waals surface area contributed by atoms with Crippen molar-refractivity contribution in [2.75, 3.05) is 13.1 Å². The zero-order chi connectivity index (χ0) is 19.4. The average Bonchev–Trinajstić information content (AvgIpc) is 3.22. The summed E-state index contributed by atoms with van der Waals surface area (Å²) in [6.07, 6.45) is 0. The van der Waals surface area contributed by atoms with Crippen LogP contribution in [0.3, 0.4) is 0 Å². The van der Waals surface area contributed by atoms with Crippen LogP contribution >= 0.6 is 24.0 Å². The Kier molecular flexibility index (Phi) is 7.54. The maximum Gasteiger partial charge on any atom is 0.191 e. The molecule has 1 atom stereocenters. The summed E-state index contributed by atoms with van der Waals surface area (Å²) in [5.41, 5.74) is 0.831. The predicted molar refractivity (Wildman–Crippen MR) is 122 cm³/mol. The van der Waals surface area contributed by atoms with Gasteiger partial charge in [0, 0.05) is 17.5 Å². The van der Waals surface area contributed by atoms with Crippen molar-refractivity contribution in [1.82, 2.24) is 10.6 Å². The largest absolute Gasteiger partial charge is 0.463 e. The van der Waals surface area contributed by atoms with Gasteiger partial charge in [0.1, 0.15) is 35.0 Å². The van der Waals surface area contributed by atoms with E-state index in [9.17, 15) is 5.11 Å². The van der Waals surface area contributed by atoms with Gasteiger partial charge in [-0.3, -0.25) is 0 Å². The Bertz CT molecular complexity index is 943. The number of aliphatic hydroxyl groups is 1. The molecule has 0 aliphatic heterocycles. The normalized spacial score (nSPS) is 13.8. The van der Waals surface area contributed by atoms with Gasteiger partial charge < -0.3 is 24.6 Å². The number of aryl methyl sites for hydroxylation is 2. The van der Waals surface area contributed by atoms with E-state index >= 15 is 0 Å². The van der Waals surface area contributed by atoms with Crippen molar-refractivity contribution >= 4 is 40.9 Å². The third-order valence-corrected chi connectivity index (χ3v) is 4.54. The van der Waals surface area contributed by atoms with Gasteiger partial charge in [0.25, 0.3) is 0 Å². The molecule has 1 aromatic carbocycles. The fourth-order valence-corrected chi connectivity index (χ4v) is 2.94. The topological polar surface area (TPSA) is 82.9 Å². The lowest BCUT2D eigenvalue weighted by atomic mass is 10.0. The standard InChI is InChI=1S/C21H27N3O3.HI/c1-5-22-20(24-13-21(4,25)19-11-10-14(2)26-19)23-12-18-15(3)16-8-6-7-9-17(16)27-18;/h6-11,25H,5,12-13H2,1-4H3,(H2,22,23,24);1H. The molecule has 1 unspecified atom stereocenters. The zero-order valence-corrected chi connectivity index (χ0v) is 19.0. The van der Waals surface area contributed by atoms with Gasteiger partial charge in [-0.05, 0) is 45.9 Å². The lowest BCUT2D eigenvalue weighted by molar-refractivity contribution is 0.0378.